The van der Waals surface area contributed by atoms with Crippen molar-refractivity contribution >= 4 is 0 Å². The normalized spacial score (nSPS) is 19.9. The molecule has 1 aromatic carbocycles. The third kappa shape index (κ3) is 2.89. The summed E-state index contributed by atoms with van der Waals surface area (Å²) in [5.41, 5.74) is 3.85. The molecular weight excluding hydrogens is 246 g/mol. The van der Waals surface area contributed by atoms with Crippen LogP contribution in [0.15, 0.2) is 48.7 Å². The average molecular weight is 267 g/mol. The standard InChI is InChI=1S/C17H21N3/c1-14-6-5-9-19-16(14)13-20-11-10-18-12-17(20)15-7-3-2-4-8-15/h2-9,17-18H,10-13H2,1H3/t17-/m1/s1. The molecule has 2 heterocycles. The van der Waals surface area contributed by atoms with Crippen LogP contribution in [0.5, 0.6) is 0 Å². The maximum atomic E-state index is 4.54. The Morgan fingerprint density at radius 2 is 2.05 bits per heavy atom. The van der Waals surface area contributed by atoms with Gasteiger partial charge in [-0.2, -0.15) is 0 Å². The van der Waals surface area contributed by atoms with E-state index >= 15 is 0 Å². The summed E-state index contributed by atoms with van der Waals surface area (Å²) in [4.78, 5) is 7.07. The zero-order valence-electron chi connectivity index (χ0n) is 11.9. The van der Waals surface area contributed by atoms with Gasteiger partial charge in [-0.25, -0.2) is 0 Å². The molecule has 1 N–H and O–H groups in total. The Labute approximate surface area is 120 Å². The molecule has 20 heavy (non-hydrogen) atoms. The van der Waals surface area contributed by atoms with Crippen molar-refractivity contribution in [3.63, 3.8) is 0 Å². The van der Waals surface area contributed by atoms with Crippen molar-refractivity contribution in [3.8, 4) is 0 Å². The van der Waals surface area contributed by atoms with Crippen molar-refractivity contribution in [1.82, 2.24) is 15.2 Å². The summed E-state index contributed by atoms with van der Waals surface area (Å²) in [6.07, 6.45) is 1.89. The van der Waals surface area contributed by atoms with Gasteiger partial charge in [-0.1, -0.05) is 36.4 Å². The van der Waals surface area contributed by atoms with Crippen molar-refractivity contribution in [3.05, 3.63) is 65.5 Å². The number of benzene rings is 1. The maximum Gasteiger partial charge on any atom is 0.0573 e. The molecule has 1 saturated heterocycles. The zero-order valence-corrected chi connectivity index (χ0v) is 11.9. The fraction of sp³-hybridized carbons (Fsp3) is 0.353. The Balaban J connectivity index is 1.81. The summed E-state index contributed by atoms with van der Waals surface area (Å²) < 4.78 is 0. The van der Waals surface area contributed by atoms with Crippen molar-refractivity contribution in [2.45, 2.75) is 19.5 Å². The molecule has 3 nitrogen and oxygen atoms in total. The molecule has 1 aliphatic rings. The van der Waals surface area contributed by atoms with Gasteiger partial charge in [0.2, 0.25) is 0 Å². The van der Waals surface area contributed by atoms with Crippen LogP contribution in [0.1, 0.15) is 22.9 Å². The van der Waals surface area contributed by atoms with Gasteiger partial charge in [0.15, 0.2) is 0 Å². The van der Waals surface area contributed by atoms with Crippen LogP contribution in [0.2, 0.25) is 0 Å². The third-order valence-corrected chi connectivity index (χ3v) is 4.01. The summed E-state index contributed by atoms with van der Waals surface area (Å²) in [6, 6.07) is 15.3. The average Bonchev–Trinajstić information content (AvgIpc) is 2.51. The predicted octanol–water partition coefficient (Wildman–Crippen LogP) is 2.54. The molecular formula is C17H21N3. The Bertz CT molecular complexity index is 553. The van der Waals surface area contributed by atoms with E-state index in [9.17, 15) is 0 Å². The van der Waals surface area contributed by atoms with Crippen LogP contribution in [-0.4, -0.2) is 29.5 Å². The van der Waals surface area contributed by atoms with Crippen LogP contribution in [0.3, 0.4) is 0 Å². The van der Waals surface area contributed by atoms with Crippen LogP contribution < -0.4 is 5.32 Å². The van der Waals surface area contributed by atoms with Crippen LogP contribution in [0, 0.1) is 6.92 Å². The quantitative estimate of drug-likeness (QED) is 0.926. The summed E-state index contributed by atoms with van der Waals surface area (Å²) >= 11 is 0. The first-order chi connectivity index (χ1) is 9.84. The highest BCUT2D eigenvalue weighted by atomic mass is 15.2. The molecule has 3 rings (SSSR count). The highest BCUT2D eigenvalue weighted by Gasteiger charge is 2.24. The summed E-state index contributed by atoms with van der Waals surface area (Å²) in [5, 5.41) is 3.50. The predicted molar refractivity (Wildman–Crippen MR) is 81.4 cm³/mol. The summed E-state index contributed by atoms with van der Waals surface area (Å²) in [5.74, 6) is 0. The number of aromatic nitrogens is 1. The van der Waals surface area contributed by atoms with Crippen molar-refractivity contribution in [1.29, 1.82) is 0 Å². The van der Waals surface area contributed by atoms with Gasteiger partial charge in [-0.15, -0.1) is 0 Å². The zero-order chi connectivity index (χ0) is 13.8. The second-order valence-corrected chi connectivity index (χ2v) is 5.37. The number of hydrogen-bond acceptors (Lipinski definition) is 3. The van der Waals surface area contributed by atoms with E-state index in [4.69, 9.17) is 0 Å². The monoisotopic (exact) mass is 267 g/mol. The lowest BCUT2D eigenvalue weighted by Gasteiger charge is -2.36. The lowest BCUT2D eigenvalue weighted by Crippen LogP contribution is -2.45. The number of nitrogens with one attached hydrogen (secondary N) is 1. The fourth-order valence-electron chi connectivity index (χ4n) is 2.82. The minimum atomic E-state index is 0.436. The first-order valence-corrected chi connectivity index (χ1v) is 7.25. The minimum absolute atomic E-state index is 0.436. The molecule has 0 amide bonds. The second-order valence-electron chi connectivity index (χ2n) is 5.37. The topological polar surface area (TPSA) is 28.2 Å². The lowest BCUT2D eigenvalue weighted by atomic mass is 10.0. The molecule has 0 saturated carbocycles. The summed E-state index contributed by atoms with van der Waals surface area (Å²) in [6.45, 7) is 6.19. The van der Waals surface area contributed by atoms with E-state index in [-0.39, 0.29) is 0 Å². The molecule has 3 heteroatoms. The Morgan fingerprint density at radius 3 is 2.85 bits per heavy atom. The molecule has 0 radical (unpaired) electrons. The van der Waals surface area contributed by atoms with Crippen molar-refractivity contribution < 1.29 is 0 Å². The SMILES string of the molecule is Cc1cccnc1CN1CCNC[C@@H]1c1ccccc1. The molecule has 104 valence electrons. The van der Waals surface area contributed by atoms with Crippen LogP contribution >= 0.6 is 0 Å². The van der Waals surface area contributed by atoms with E-state index in [1.807, 2.05) is 12.3 Å². The molecule has 1 aliphatic heterocycles. The van der Waals surface area contributed by atoms with E-state index in [0.717, 1.165) is 26.2 Å². The number of rotatable bonds is 3. The molecule has 2 aromatic rings. The van der Waals surface area contributed by atoms with Crippen LogP contribution in [0.4, 0.5) is 0 Å². The summed E-state index contributed by atoms with van der Waals surface area (Å²) in [7, 11) is 0. The van der Waals surface area contributed by atoms with Gasteiger partial charge in [0, 0.05) is 38.4 Å². The van der Waals surface area contributed by atoms with Gasteiger partial charge >= 0.3 is 0 Å². The molecule has 1 aromatic heterocycles. The Hall–Kier alpha value is -1.71. The van der Waals surface area contributed by atoms with Crippen molar-refractivity contribution in [2.75, 3.05) is 19.6 Å². The van der Waals surface area contributed by atoms with Gasteiger partial charge in [0.25, 0.3) is 0 Å². The fourth-order valence-corrected chi connectivity index (χ4v) is 2.82. The first kappa shape index (κ1) is 13.3. The first-order valence-electron chi connectivity index (χ1n) is 7.25. The molecule has 0 spiro atoms. The highest BCUT2D eigenvalue weighted by Crippen LogP contribution is 2.24. The number of piperazine rings is 1. The number of aryl methyl sites for hydroxylation is 1. The highest BCUT2D eigenvalue weighted by molar-refractivity contribution is 5.22. The van der Waals surface area contributed by atoms with E-state index in [1.54, 1.807) is 0 Å². The Morgan fingerprint density at radius 1 is 1.20 bits per heavy atom. The molecule has 0 bridgehead atoms. The van der Waals surface area contributed by atoms with Crippen LogP contribution in [0.25, 0.3) is 0 Å². The van der Waals surface area contributed by atoms with Crippen LogP contribution in [-0.2, 0) is 6.54 Å². The molecule has 1 atom stereocenters. The smallest absolute Gasteiger partial charge is 0.0573 e. The maximum absolute atomic E-state index is 4.54. The van der Waals surface area contributed by atoms with E-state index in [0.29, 0.717) is 6.04 Å². The third-order valence-electron chi connectivity index (χ3n) is 4.01. The lowest BCUT2D eigenvalue weighted by molar-refractivity contribution is 0.151. The minimum Gasteiger partial charge on any atom is -0.314 e. The van der Waals surface area contributed by atoms with E-state index < -0.39 is 0 Å². The molecule has 1 fully saturated rings. The molecule has 0 aliphatic carbocycles. The molecule has 0 unspecified atom stereocenters. The Kier molecular flexibility index (Phi) is 4.09. The number of pyridine rings is 1. The van der Waals surface area contributed by atoms with Gasteiger partial charge in [-0.05, 0) is 24.1 Å². The van der Waals surface area contributed by atoms with E-state index in [1.165, 1.54) is 16.8 Å². The number of nitrogens with zero attached hydrogens (tertiary/aromatic N) is 2. The van der Waals surface area contributed by atoms with Gasteiger partial charge < -0.3 is 5.32 Å². The van der Waals surface area contributed by atoms with Gasteiger partial charge in [0.1, 0.15) is 0 Å². The van der Waals surface area contributed by atoms with Gasteiger partial charge in [-0.3, -0.25) is 9.88 Å². The van der Waals surface area contributed by atoms with Gasteiger partial charge in [0.05, 0.1) is 5.69 Å². The second kappa shape index (κ2) is 6.16. The van der Waals surface area contributed by atoms with Crippen molar-refractivity contribution in [2.24, 2.45) is 0 Å². The largest absolute Gasteiger partial charge is 0.314 e. The number of hydrogen-bond donors (Lipinski definition) is 1. The van der Waals surface area contributed by atoms with E-state index in [2.05, 4.69) is 58.5 Å².